The smallest absolute Gasteiger partial charge is 0.147 e. The van der Waals surface area contributed by atoms with E-state index in [-0.39, 0.29) is 13.2 Å². The van der Waals surface area contributed by atoms with E-state index >= 15 is 0 Å². The fourth-order valence-corrected chi connectivity index (χ4v) is 3.01. The summed E-state index contributed by atoms with van der Waals surface area (Å²) in [5, 5.41) is 26.8. The van der Waals surface area contributed by atoms with Crippen LogP contribution in [0.15, 0.2) is 6.20 Å². The van der Waals surface area contributed by atoms with Gasteiger partial charge >= 0.3 is 0 Å². The van der Waals surface area contributed by atoms with Gasteiger partial charge in [0, 0.05) is 12.7 Å². The molecule has 1 aromatic heterocycles. The first kappa shape index (κ1) is 22.1. The van der Waals surface area contributed by atoms with Crippen LogP contribution in [0.5, 0.6) is 0 Å². The van der Waals surface area contributed by atoms with Crippen molar-refractivity contribution >= 4 is 0 Å². The molecule has 1 heterocycles. The lowest BCUT2D eigenvalue weighted by Crippen LogP contribution is -2.77. The van der Waals surface area contributed by atoms with Gasteiger partial charge in [0.1, 0.15) is 18.8 Å². The molecule has 5 N–H and O–H groups in total. The number of nitrogens with zero attached hydrogens (tertiary/aromatic N) is 3. The number of quaternary nitrogens is 1. The standard InChI is InChI=1S/C19H38N4O2/c1-2-3-4-5-6-7-8-9-10-11-12-13-23-15-18(21-22-23)14-19(20,16-24)17-25/h15,24-25H,2-14,16-17,20H2,1H3/p+1. The van der Waals surface area contributed by atoms with Crippen molar-refractivity contribution in [1.82, 2.24) is 15.0 Å². The highest BCUT2D eigenvalue weighted by atomic mass is 16.3. The van der Waals surface area contributed by atoms with E-state index in [2.05, 4.69) is 23.0 Å². The van der Waals surface area contributed by atoms with Crippen LogP contribution in [-0.2, 0) is 13.0 Å². The van der Waals surface area contributed by atoms with E-state index in [0.717, 1.165) is 18.7 Å². The molecule has 6 nitrogen and oxygen atoms in total. The first-order valence-corrected chi connectivity index (χ1v) is 10.1. The van der Waals surface area contributed by atoms with Crippen molar-refractivity contribution in [1.29, 1.82) is 0 Å². The van der Waals surface area contributed by atoms with E-state index in [1.54, 1.807) is 0 Å². The molecule has 0 fully saturated rings. The molecule has 25 heavy (non-hydrogen) atoms. The maximum Gasteiger partial charge on any atom is 0.147 e. The second-order valence-corrected chi connectivity index (χ2v) is 7.50. The monoisotopic (exact) mass is 355 g/mol. The van der Waals surface area contributed by atoms with Crippen LogP contribution in [0.2, 0.25) is 0 Å². The van der Waals surface area contributed by atoms with Crippen LogP contribution in [-0.4, -0.2) is 44.0 Å². The Hall–Kier alpha value is -0.980. The molecule has 0 atom stereocenters. The van der Waals surface area contributed by atoms with Gasteiger partial charge in [0.05, 0.1) is 12.1 Å². The van der Waals surface area contributed by atoms with Crippen molar-refractivity contribution in [2.24, 2.45) is 0 Å². The molecule has 0 spiro atoms. The Morgan fingerprint density at radius 2 is 1.44 bits per heavy atom. The molecule has 0 saturated heterocycles. The van der Waals surface area contributed by atoms with Gasteiger partial charge in [-0.1, -0.05) is 76.3 Å². The quantitative estimate of drug-likeness (QED) is 0.395. The number of aromatic nitrogens is 3. The molecule has 0 radical (unpaired) electrons. The van der Waals surface area contributed by atoms with E-state index in [0.29, 0.717) is 6.42 Å². The molecule has 1 rings (SSSR count). The number of hydrogen-bond acceptors (Lipinski definition) is 4. The second kappa shape index (κ2) is 13.3. The Morgan fingerprint density at radius 3 is 1.96 bits per heavy atom. The van der Waals surface area contributed by atoms with Gasteiger partial charge in [-0.25, -0.2) is 0 Å². The Kier molecular flexibility index (Phi) is 11.7. The summed E-state index contributed by atoms with van der Waals surface area (Å²) < 4.78 is 1.86. The van der Waals surface area contributed by atoms with Crippen LogP contribution in [0.1, 0.15) is 83.2 Å². The van der Waals surface area contributed by atoms with Crippen molar-refractivity contribution in [3.05, 3.63) is 11.9 Å². The zero-order valence-corrected chi connectivity index (χ0v) is 16.1. The molecule has 0 saturated carbocycles. The maximum absolute atomic E-state index is 9.29. The van der Waals surface area contributed by atoms with Crippen molar-refractivity contribution in [2.75, 3.05) is 13.2 Å². The molecule has 0 amide bonds. The molecule has 0 aliphatic rings. The van der Waals surface area contributed by atoms with E-state index in [1.807, 2.05) is 10.9 Å². The number of rotatable bonds is 16. The Labute approximate surface area is 152 Å². The van der Waals surface area contributed by atoms with E-state index in [4.69, 9.17) is 0 Å². The first-order valence-electron chi connectivity index (χ1n) is 10.1. The van der Waals surface area contributed by atoms with Gasteiger partial charge in [-0.2, -0.15) is 0 Å². The highest BCUT2D eigenvalue weighted by molar-refractivity contribution is 4.99. The van der Waals surface area contributed by atoms with E-state index < -0.39 is 5.54 Å². The summed E-state index contributed by atoms with van der Waals surface area (Å²) in [5.74, 6) is 0. The summed E-state index contributed by atoms with van der Waals surface area (Å²) in [5.41, 5.74) is 3.88. The van der Waals surface area contributed by atoms with Crippen LogP contribution in [0, 0.1) is 0 Å². The number of unbranched alkanes of at least 4 members (excludes halogenated alkanes) is 10. The van der Waals surface area contributed by atoms with Crippen molar-refractivity contribution < 1.29 is 15.9 Å². The SMILES string of the molecule is CCCCCCCCCCCCCn1cc(CC([NH3+])(CO)CO)nn1. The van der Waals surface area contributed by atoms with Crippen LogP contribution >= 0.6 is 0 Å². The maximum atomic E-state index is 9.29. The van der Waals surface area contributed by atoms with Gasteiger partial charge in [0.25, 0.3) is 0 Å². The molecule has 0 aliphatic heterocycles. The third-order valence-electron chi connectivity index (χ3n) is 4.80. The molecule has 0 unspecified atom stereocenters. The summed E-state index contributed by atoms with van der Waals surface area (Å²) in [6.07, 6.45) is 17.0. The summed E-state index contributed by atoms with van der Waals surface area (Å²) in [4.78, 5) is 0. The average molecular weight is 356 g/mol. The average Bonchev–Trinajstić information content (AvgIpc) is 3.06. The van der Waals surface area contributed by atoms with E-state index in [9.17, 15) is 10.2 Å². The Bertz CT molecular complexity index is 433. The second-order valence-electron chi connectivity index (χ2n) is 7.50. The summed E-state index contributed by atoms with van der Waals surface area (Å²) in [6.45, 7) is 2.83. The van der Waals surface area contributed by atoms with Gasteiger partial charge in [0.15, 0.2) is 0 Å². The van der Waals surface area contributed by atoms with Crippen LogP contribution in [0.25, 0.3) is 0 Å². The van der Waals surface area contributed by atoms with Gasteiger partial charge in [-0.3, -0.25) is 4.68 Å². The van der Waals surface area contributed by atoms with Gasteiger partial charge in [0.2, 0.25) is 0 Å². The minimum atomic E-state index is -0.766. The largest absolute Gasteiger partial charge is 0.390 e. The lowest BCUT2D eigenvalue weighted by Gasteiger charge is -2.18. The van der Waals surface area contributed by atoms with Crippen LogP contribution in [0.4, 0.5) is 0 Å². The summed E-state index contributed by atoms with van der Waals surface area (Å²) >= 11 is 0. The van der Waals surface area contributed by atoms with Crippen LogP contribution in [0.3, 0.4) is 0 Å². The molecular weight excluding hydrogens is 316 g/mol. The van der Waals surface area contributed by atoms with Gasteiger partial charge in [-0.15, -0.1) is 5.10 Å². The molecule has 0 bridgehead atoms. The Balaban J connectivity index is 2.04. The number of aliphatic hydroxyl groups excluding tert-OH is 2. The lowest BCUT2D eigenvalue weighted by atomic mass is 9.97. The molecule has 146 valence electrons. The zero-order valence-electron chi connectivity index (χ0n) is 16.1. The Morgan fingerprint density at radius 1 is 0.920 bits per heavy atom. The van der Waals surface area contributed by atoms with E-state index in [1.165, 1.54) is 64.2 Å². The topological polar surface area (TPSA) is 98.8 Å². The third-order valence-corrected chi connectivity index (χ3v) is 4.80. The number of aliphatic hydroxyl groups is 2. The summed E-state index contributed by atoms with van der Waals surface area (Å²) in [7, 11) is 0. The minimum Gasteiger partial charge on any atom is -0.390 e. The highest BCUT2D eigenvalue weighted by Gasteiger charge is 2.29. The lowest BCUT2D eigenvalue weighted by molar-refractivity contribution is -0.489. The van der Waals surface area contributed by atoms with Gasteiger partial charge < -0.3 is 15.9 Å². The third kappa shape index (κ3) is 9.92. The normalized spacial score (nSPS) is 12.0. The molecular formula is C19H39N4O2+. The fraction of sp³-hybridized carbons (Fsp3) is 0.895. The number of hydrogen-bond donors (Lipinski definition) is 3. The molecule has 0 aliphatic carbocycles. The molecule has 0 aromatic carbocycles. The fourth-order valence-electron chi connectivity index (χ4n) is 3.01. The predicted octanol–water partition coefficient (Wildman–Crippen LogP) is 2.10. The van der Waals surface area contributed by atoms with Crippen molar-refractivity contribution in [2.45, 2.75) is 96.1 Å². The van der Waals surface area contributed by atoms with Gasteiger partial charge in [-0.05, 0) is 6.42 Å². The van der Waals surface area contributed by atoms with Crippen molar-refractivity contribution in [3.8, 4) is 0 Å². The number of aryl methyl sites for hydroxylation is 1. The molecule has 1 aromatic rings. The minimum absolute atomic E-state index is 0.158. The highest BCUT2D eigenvalue weighted by Crippen LogP contribution is 2.12. The first-order chi connectivity index (χ1) is 12.1. The zero-order chi connectivity index (χ0) is 18.4. The van der Waals surface area contributed by atoms with Crippen molar-refractivity contribution in [3.63, 3.8) is 0 Å². The summed E-state index contributed by atoms with van der Waals surface area (Å²) in [6, 6.07) is 0. The predicted molar refractivity (Wildman–Crippen MR) is 100.0 cm³/mol. The molecule has 6 heteroatoms. The van der Waals surface area contributed by atoms with Crippen LogP contribution < -0.4 is 5.73 Å².